The van der Waals surface area contributed by atoms with E-state index in [1.807, 2.05) is 0 Å². The molecule has 8 aromatic carbocycles. The molecule has 0 unspecified atom stereocenters. The largest absolute Gasteiger partial charge is 0.0616 e. The molecule has 0 bridgehead atoms. The summed E-state index contributed by atoms with van der Waals surface area (Å²) in [4.78, 5) is 0. The fraction of sp³-hybridized carbons (Fsp3) is 0.0526. The predicted octanol–water partition coefficient (Wildman–Crippen LogP) is 10.8. The first-order valence-electron chi connectivity index (χ1n) is 13.4. The van der Waals surface area contributed by atoms with Crippen molar-refractivity contribution < 1.29 is 0 Å². The van der Waals surface area contributed by atoms with Crippen LogP contribution in [0.4, 0.5) is 0 Å². The fourth-order valence-electron chi connectivity index (χ4n) is 6.64. The molecule has 0 aliphatic carbocycles. The van der Waals surface area contributed by atoms with Gasteiger partial charge in [0.15, 0.2) is 0 Å². The standard InChI is InChI=1S/C38H26/c1-23-11-17-31(29-9-5-3-7-27(23)29)33-19-13-25-16-22-36-34(20-14-26-15-21-35(33)37(25)38(26)36)32-18-12-24(2)28-8-4-6-10-30(28)32/h3-22H,1-2H3. The molecule has 0 amide bonds. The van der Waals surface area contributed by atoms with Crippen LogP contribution >= 0.6 is 0 Å². The third-order valence-corrected chi connectivity index (χ3v) is 8.53. The number of hydrogen-bond acceptors (Lipinski definition) is 0. The Kier molecular flexibility index (Phi) is 4.46. The van der Waals surface area contributed by atoms with E-state index in [0.717, 1.165) is 0 Å². The number of hydrogen-bond donors (Lipinski definition) is 0. The minimum absolute atomic E-state index is 1.30. The molecule has 8 rings (SSSR count). The van der Waals surface area contributed by atoms with Crippen LogP contribution in [-0.2, 0) is 0 Å². The van der Waals surface area contributed by atoms with Gasteiger partial charge in [-0.3, -0.25) is 0 Å². The van der Waals surface area contributed by atoms with E-state index in [-0.39, 0.29) is 0 Å². The van der Waals surface area contributed by atoms with Crippen LogP contribution in [0.1, 0.15) is 11.1 Å². The normalized spacial score (nSPS) is 11.9. The summed E-state index contributed by atoms with van der Waals surface area (Å²) in [5.41, 5.74) is 7.83. The predicted molar refractivity (Wildman–Crippen MR) is 166 cm³/mol. The van der Waals surface area contributed by atoms with Gasteiger partial charge in [-0.2, -0.15) is 0 Å². The highest BCUT2D eigenvalue weighted by atomic mass is 14.2. The van der Waals surface area contributed by atoms with Gasteiger partial charge in [0, 0.05) is 0 Å². The Morgan fingerprint density at radius 2 is 0.632 bits per heavy atom. The molecule has 0 aliphatic heterocycles. The van der Waals surface area contributed by atoms with E-state index in [4.69, 9.17) is 0 Å². The molecule has 0 fully saturated rings. The van der Waals surface area contributed by atoms with E-state index >= 15 is 0 Å². The number of fused-ring (bicyclic) bond motifs is 2. The van der Waals surface area contributed by atoms with Crippen LogP contribution in [0.2, 0.25) is 0 Å². The Balaban J connectivity index is 1.48. The smallest absolute Gasteiger partial charge is 0.00203 e. The Bertz CT molecular complexity index is 2040. The van der Waals surface area contributed by atoms with Gasteiger partial charge in [-0.1, -0.05) is 121 Å². The Morgan fingerprint density at radius 1 is 0.289 bits per heavy atom. The summed E-state index contributed by atoms with van der Waals surface area (Å²) < 4.78 is 0. The summed E-state index contributed by atoms with van der Waals surface area (Å²) in [5, 5.41) is 13.2. The summed E-state index contributed by atoms with van der Waals surface area (Å²) in [6.07, 6.45) is 0. The molecular formula is C38H26. The number of benzene rings is 8. The van der Waals surface area contributed by atoms with Gasteiger partial charge in [-0.05, 0) is 101 Å². The summed E-state index contributed by atoms with van der Waals surface area (Å²) in [6, 6.07) is 45.2. The molecule has 0 heteroatoms. The molecule has 0 aliphatic rings. The quantitative estimate of drug-likeness (QED) is 0.215. The summed E-state index contributed by atoms with van der Waals surface area (Å²) in [5.74, 6) is 0. The first-order chi connectivity index (χ1) is 18.7. The van der Waals surface area contributed by atoms with Gasteiger partial charge in [0.05, 0.1) is 0 Å². The lowest BCUT2D eigenvalue weighted by molar-refractivity contribution is 1.53. The minimum atomic E-state index is 1.30. The maximum absolute atomic E-state index is 2.33. The highest BCUT2D eigenvalue weighted by molar-refractivity contribution is 6.28. The lowest BCUT2D eigenvalue weighted by Gasteiger charge is -2.18. The maximum atomic E-state index is 2.33. The monoisotopic (exact) mass is 482 g/mol. The molecule has 0 atom stereocenters. The molecule has 0 N–H and O–H groups in total. The van der Waals surface area contributed by atoms with E-state index < -0.39 is 0 Å². The zero-order valence-corrected chi connectivity index (χ0v) is 21.5. The van der Waals surface area contributed by atoms with Crippen LogP contribution in [-0.4, -0.2) is 0 Å². The maximum Gasteiger partial charge on any atom is -0.00203 e. The topological polar surface area (TPSA) is 0 Å². The van der Waals surface area contributed by atoms with Crippen LogP contribution in [0, 0.1) is 13.8 Å². The second-order valence-corrected chi connectivity index (χ2v) is 10.6. The fourth-order valence-corrected chi connectivity index (χ4v) is 6.64. The second-order valence-electron chi connectivity index (χ2n) is 10.6. The van der Waals surface area contributed by atoms with Crippen molar-refractivity contribution in [1.29, 1.82) is 0 Å². The lowest BCUT2D eigenvalue weighted by atomic mass is 9.85. The number of aryl methyl sites for hydroxylation is 2. The summed E-state index contributed by atoms with van der Waals surface area (Å²) >= 11 is 0. The van der Waals surface area contributed by atoms with Crippen molar-refractivity contribution in [2.45, 2.75) is 13.8 Å². The minimum Gasteiger partial charge on any atom is -0.0616 e. The first-order valence-corrected chi connectivity index (χ1v) is 13.4. The Labute approximate surface area is 222 Å². The van der Waals surface area contributed by atoms with Crippen LogP contribution in [0.15, 0.2) is 121 Å². The van der Waals surface area contributed by atoms with Crippen molar-refractivity contribution in [2.24, 2.45) is 0 Å². The zero-order chi connectivity index (χ0) is 25.4. The molecule has 8 aromatic rings. The molecule has 0 aromatic heterocycles. The van der Waals surface area contributed by atoms with Crippen molar-refractivity contribution in [1.82, 2.24) is 0 Å². The first kappa shape index (κ1) is 21.4. The van der Waals surface area contributed by atoms with Crippen LogP contribution < -0.4 is 0 Å². The van der Waals surface area contributed by atoms with Crippen molar-refractivity contribution in [2.75, 3.05) is 0 Å². The Morgan fingerprint density at radius 3 is 1.08 bits per heavy atom. The van der Waals surface area contributed by atoms with Gasteiger partial charge in [0.25, 0.3) is 0 Å². The van der Waals surface area contributed by atoms with Gasteiger partial charge in [-0.15, -0.1) is 0 Å². The molecule has 0 heterocycles. The second kappa shape index (κ2) is 7.91. The van der Waals surface area contributed by atoms with Crippen molar-refractivity contribution in [3.05, 3.63) is 132 Å². The molecule has 38 heavy (non-hydrogen) atoms. The van der Waals surface area contributed by atoms with Crippen LogP contribution in [0.5, 0.6) is 0 Å². The molecular weight excluding hydrogens is 456 g/mol. The highest BCUT2D eigenvalue weighted by Crippen LogP contribution is 2.44. The van der Waals surface area contributed by atoms with Gasteiger partial charge >= 0.3 is 0 Å². The van der Waals surface area contributed by atoms with Crippen molar-refractivity contribution in [3.8, 4) is 22.3 Å². The molecule has 0 saturated heterocycles. The molecule has 0 saturated carbocycles. The van der Waals surface area contributed by atoms with E-state index in [1.54, 1.807) is 0 Å². The van der Waals surface area contributed by atoms with Crippen LogP contribution in [0.25, 0.3) is 76.1 Å². The van der Waals surface area contributed by atoms with E-state index in [9.17, 15) is 0 Å². The average molecular weight is 483 g/mol. The molecule has 0 nitrogen and oxygen atoms in total. The third kappa shape index (κ3) is 2.92. The molecule has 0 spiro atoms. The van der Waals surface area contributed by atoms with Crippen molar-refractivity contribution >= 4 is 53.9 Å². The van der Waals surface area contributed by atoms with E-state index in [1.165, 1.54) is 87.2 Å². The van der Waals surface area contributed by atoms with Crippen molar-refractivity contribution in [3.63, 3.8) is 0 Å². The van der Waals surface area contributed by atoms with E-state index in [2.05, 4.69) is 135 Å². The SMILES string of the molecule is Cc1ccc(-c2ccc3ccc4c(-c5ccc(C)c6ccccc56)ccc5ccc2c3c54)c2ccccc12. The molecule has 0 radical (unpaired) electrons. The van der Waals surface area contributed by atoms with Gasteiger partial charge in [0.1, 0.15) is 0 Å². The van der Waals surface area contributed by atoms with Crippen LogP contribution in [0.3, 0.4) is 0 Å². The van der Waals surface area contributed by atoms with Gasteiger partial charge in [-0.25, -0.2) is 0 Å². The highest BCUT2D eigenvalue weighted by Gasteiger charge is 2.17. The average Bonchev–Trinajstić information content (AvgIpc) is 2.97. The Hall–Kier alpha value is -4.68. The summed E-state index contributed by atoms with van der Waals surface area (Å²) in [6.45, 7) is 4.40. The summed E-state index contributed by atoms with van der Waals surface area (Å²) in [7, 11) is 0. The number of rotatable bonds is 2. The molecule has 178 valence electrons. The van der Waals surface area contributed by atoms with Gasteiger partial charge < -0.3 is 0 Å². The lowest BCUT2D eigenvalue weighted by Crippen LogP contribution is -1.91. The van der Waals surface area contributed by atoms with E-state index in [0.29, 0.717) is 0 Å². The van der Waals surface area contributed by atoms with Gasteiger partial charge in [0.2, 0.25) is 0 Å². The third-order valence-electron chi connectivity index (χ3n) is 8.53. The zero-order valence-electron chi connectivity index (χ0n) is 21.5.